The van der Waals surface area contributed by atoms with Gasteiger partial charge in [-0.3, -0.25) is 37.3 Å². The van der Waals surface area contributed by atoms with Crippen LogP contribution in [0.4, 0.5) is 0 Å². The van der Waals surface area contributed by atoms with Gasteiger partial charge in [0.15, 0.2) is 12.2 Å². The average Bonchev–Trinajstić information content (AvgIpc) is 0.907. The molecule has 0 aromatic heterocycles. The highest BCUT2D eigenvalue weighted by Crippen LogP contribution is 2.45. The Labute approximate surface area is 630 Å². The van der Waals surface area contributed by atoms with Gasteiger partial charge in [0, 0.05) is 25.7 Å². The number of hydrogen-bond donors (Lipinski definition) is 3. The van der Waals surface area contributed by atoms with E-state index in [0.717, 1.165) is 154 Å². The molecule has 0 rings (SSSR count). The molecule has 104 heavy (non-hydrogen) atoms. The SMILES string of the molecule is CC/C=C\C/C=C\C/C=C\C/C=C\C/C=C\CCCCCC(=O)O[C@H](COC(=O)CCCCCCC/C=C\CCCCCC)COP(=O)(O)OC[C@@H](O)COP(=O)(O)OC[C@@H](COC(=O)CCCCCCC/C=C\CCCCCC)OC(=O)CC/C=C\C/C=C\C/C=C\C/C=C\C/C=C\CCCCC. The molecule has 0 aliphatic rings. The number of aliphatic hydroxyl groups is 1. The first-order chi connectivity index (χ1) is 50.7. The van der Waals surface area contributed by atoms with Crippen molar-refractivity contribution in [1.82, 2.24) is 0 Å². The van der Waals surface area contributed by atoms with Gasteiger partial charge in [-0.2, -0.15) is 0 Å². The second kappa shape index (κ2) is 76.1. The molecule has 0 aromatic carbocycles. The molecular weight excluding hydrogens is 1350 g/mol. The van der Waals surface area contributed by atoms with Crippen molar-refractivity contribution in [2.24, 2.45) is 0 Å². The molecule has 594 valence electrons. The number of esters is 4. The van der Waals surface area contributed by atoms with Crippen LogP contribution in [0.2, 0.25) is 0 Å². The number of hydrogen-bond acceptors (Lipinski definition) is 15. The minimum atomic E-state index is -5.00. The number of carbonyl (C=O) groups is 4. The zero-order chi connectivity index (χ0) is 76.0. The third kappa shape index (κ3) is 75.2. The minimum absolute atomic E-state index is 0.0341. The number of unbranched alkanes of at least 4 members (excludes halogenated alkanes) is 24. The van der Waals surface area contributed by atoms with E-state index in [-0.39, 0.29) is 25.7 Å². The van der Waals surface area contributed by atoms with Crippen molar-refractivity contribution in [3.8, 4) is 0 Å². The van der Waals surface area contributed by atoms with Crippen molar-refractivity contribution < 1.29 is 80.2 Å². The first-order valence-electron chi connectivity index (χ1n) is 40.1. The highest BCUT2D eigenvalue weighted by atomic mass is 31.2. The van der Waals surface area contributed by atoms with Gasteiger partial charge in [-0.1, -0.05) is 270 Å². The van der Waals surface area contributed by atoms with Crippen LogP contribution in [-0.4, -0.2) is 96.7 Å². The Hall–Kier alpha value is -5.06. The van der Waals surface area contributed by atoms with Crippen LogP contribution < -0.4 is 0 Å². The van der Waals surface area contributed by atoms with E-state index in [0.29, 0.717) is 32.1 Å². The van der Waals surface area contributed by atoms with Gasteiger partial charge in [-0.15, -0.1) is 0 Å². The van der Waals surface area contributed by atoms with Crippen molar-refractivity contribution in [2.75, 3.05) is 39.6 Å². The van der Waals surface area contributed by atoms with E-state index in [2.05, 4.69) is 155 Å². The number of allylic oxidation sites excluding steroid dienone is 24. The zero-order valence-corrected chi connectivity index (χ0v) is 66.7. The van der Waals surface area contributed by atoms with E-state index in [9.17, 15) is 43.2 Å². The molecule has 19 heteroatoms. The Bertz CT molecular complexity index is 2540. The average molecular weight is 1500 g/mol. The summed E-state index contributed by atoms with van der Waals surface area (Å²) in [7, 11) is -10.0. The Morgan fingerprint density at radius 3 is 0.865 bits per heavy atom. The third-order valence-electron chi connectivity index (χ3n) is 16.3. The molecule has 0 aliphatic heterocycles. The van der Waals surface area contributed by atoms with Gasteiger partial charge in [-0.05, 0) is 161 Å². The predicted octanol–water partition coefficient (Wildman–Crippen LogP) is 23.4. The summed E-state index contributed by atoms with van der Waals surface area (Å²) < 4.78 is 68.5. The molecule has 3 N–H and O–H groups in total. The molecule has 0 saturated carbocycles. The number of ether oxygens (including phenoxy) is 4. The van der Waals surface area contributed by atoms with Crippen LogP contribution >= 0.6 is 15.6 Å². The number of aliphatic hydroxyl groups excluding tert-OH is 1. The van der Waals surface area contributed by atoms with Gasteiger partial charge in [0.05, 0.1) is 26.4 Å². The lowest BCUT2D eigenvalue weighted by molar-refractivity contribution is -0.161. The molecular formula is C85H142O17P2. The number of phosphoric ester groups is 2. The third-order valence-corrected chi connectivity index (χ3v) is 18.2. The van der Waals surface area contributed by atoms with Gasteiger partial charge in [-0.25, -0.2) is 9.13 Å². The van der Waals surface area contributed by atoms with Gasteiger partial charge < -0.3 is 33.8 Å². The molecule has 0 amide bonds. The van der Waals surface area contributed by atoms with E-state index in [1.54, 1.807) is 0 Å². The zero-order valence-electron chi connectivity index (χ0n) is 64.9. The lowest BCUT2D eigenvalue weighted by Crippen LogP contribution is -2.30. The number of carbonyl (C=O) groups excluding carboxylic acids is 4. The van der Waals surface area contributed by atoms with E-state index >= 15 is 0 Å². The van der Waals surface area contributed by atoms with Gasteiger partial charge >= 0.3 is 39.5 Å². The molecule has 0 fully saturated rings. The van der Waals surface area contributed by atoms with Crippen LogP contribution in [0, 0.1) is 0 Å². The second-order valence-corrected chi connectivity index (χ2v) is 29.2. The van der Waals surface area contributed by atoms with Crippen LogP contribution in [0.25, 0.3) is 0 Å². The first-order valence-corrected chi connectivity index (χ1v) is 43.1. The normalized spacial score (nSPS) is 14.6. The van der Waals surface area contributed by atoms with Crippen molar-refractivity contribution in [3.05, 3.63) is 146 Å². The summed E-state index contributed by atoms with van der Waals surface area (Å²) in [6, 6.07) is 0. The highest BCUT2D eigenvalue weighted by Gasteiger charge is 2.30. The molecule has 5 atom stereocenters. The first kappa shape index (κ1) is 98.9. The standard InChI is InChI=1S/C85H142O17P2/c1-5-9-13-17-21-25-29-33-35-37-39-41-43-47-51-55-59-63-67-71-84(89)101-80(75-95-82(87)69-65-61-57-53-49-45-31-27-23-19-15-11-7-3)77-99-103(91,92)97-73-79(86)74-98-104(93,94)100-78-81(76-96-83(88)70-66-62-58-54-50-46-32-28-24-20-16-12-8-4)102-85(90)72-68-64-60-56-52-48-44-42-40-38-36-34-30-26-22-18-14-10-6-2/h9,13,21-22,25-28,31-36,39-42,47-48,51-52,60,64,79-81,86H,5-8,10-12,14-20,23-24,29-30,37-38,43-46,49-50,53-59,61-63,65-78H2,1-4H3,(H,91,92)(H,93,94)/b13-9-,25-21-,26-22-,31-27-,32-28-,35-33-,36-34-,41-39-,42-40-,51-47-,52-48-,64-60-/t79-,80-,81-/m1/s1. The monoisotopic (exact) mass is 1500 g/mol. The molecule has 0 heterocycles. The molecule has 2 unspecified atom stereocenters. The van der Waals surface area contributed by atoms with Gasteiger partial charge in [0.1, 0.15) is 19.3 Å². The number of phosphoric acid groups is 2. The Kier molecular flexibility index (Phi) is 72.4. The van der Waals surface area contributed by atoms with Gasteiger partial charge in [0.25, 0.3) is 0 Å². The van der Waals surface area contributed by atoms with Crippen LogP contribution in [-0.2, 0) is 65.4 Å². The maximum Gasteiger partial charge on any atom is 0.472 e. The molecule has 0 aromatic rings. The fourth-order valence-corrected chi connectivity index (χ4v) is 11.7. The molecule has 0 aliphatic carbocycles. The molecule has 17 nitrogen and oxygen atoms in total. The van der Waals surface area contributed by atoms with E-state index in [1.165, 1.54) is 70.6 Å². The molecule has 0 radical (unpaired) electrons. The quantitative estimate of drug-likeness (QED) is 0.0169. The maximum atomic E-state index is 13.1. The van der Waals surface area contributed by atoms with Crippen molar-refractivity contribution in [1.29, 1.82) is 0 Å². The Balaban J connectivity index is 5.47. The summed E-state index contributed by atoms with van der Waals surface area (Å²) in [4.78, 5) is 73.0. The lowest BCUT2D eigenvalue weighted by atomic mass is 10.1. The summed E-state index contributed by atoms with van der Waals surface area (Å²) in [5.74, 6) is -2.33. The summed E-state index contributed by atoms with van der Waals surface area (Å²) in [6.07, 6.45) is 87.0. The number of rotatable bonds is 74. The molecule has 0 saturated heterocycles. The van der Waals surface area contributed by atoms with E-state index < -0.39 is 97.5 Å². The molecule has 0 spiro atoms. The fourth-order valence-electron chi connectivity index (χ4n) is 10.2. The van der Waals surface area contributed by atoms with Crippen LogP contribution in [0.1, 0.15) is 310 Å². The second-order valence-electron chi connectivity index (χ2n) is 26.3. The summed E-state index contributed by atoms with van der Waals surface area (Å²) >= 11 is 0. The van der Waals surface area contributed by atoms with Crippen molar-refractivity contribution >= 4 is 39.5 Å². The lowest BCUT2D eigenvalue weighted by Gasteiger charge is -2.21. The largest absolute Gasteiger partial charge is 0.472 e. The smallest absolute Gasteiger partial charge is 0.462 e. The van der Waals surface area contributed by atoms with Crippen molar-refractivity contribution in [2.45, 2.75) is 329 Å². The highest BCUT2D eigenvalue weighted by molar-refractivity contribution is 7.47. The van der Waals surface area contributed by atoms with E-state index in [1.807, 2.05) is 18.2 Å². The van der Waals surface area contributed by atoms with Crippen LogP contribution in [0.3, 0.4) is 0 Å². The maximum absolute atomic E-state index is 13.1. The van der Waals surface area contributed by atoms with Gasteiger partial charge in [0.2, 0.25) is 0 Å². The topological polar surface area (TPSA) is 237 Å². The Morgan fingerprint density at radius 1 is 0.279 bits per heavy atom. The summed E-state index contributed by atoms with van der Waals surface area (Å²) in [5.41, 5.74) is 0. The minimum Gasteiger partial charge on any atom is -0.462 e. The fraction of sp³-hybridized carbons (Fsp3) is 0.671. The predicted molar refractivity (Wildman–Crippen MR) is 427 cm³/mol. The van der Waals surface area contributed by atoms with Crippen molar-refractivity contribution in [3.63, 3.8) is 0 Å². The Morgan fingerprint density at radius 2 is 0.519 bits per heavy atom. The summed E-state index contributed by atoms with van der Waals surface area (Å²) in [5, 5.41) is 10.6. The molecule has 0 bridgehead atoms. The van der Waals surface area contributed by atoms with Crippen LogP contribution in [0.5, 0.6) is 0 Å². The van der Waals surface area contributed by atoms with Crippen LogP contribution in [0.15, 0.2) is 146 Å². The van der Waals surface area contributed by atoms with E-state index in [4.69, 9.17) is 37.0 Å². The summed E-state index contributed by atoms with van der Waals surface area (Å²) in [6.45, 7) is 4.56.